The van der Waals surface area contributed by atoms with Crippen molar-refractivity contribution in [3.05, 3.63) is 78.4 Å². The van der Waals surface area contributed by atoms with Crippen molar-refractivity contribution >= 4 is 16.7 Å². The number of amides is 1. The minimum absolute atomic E-state index is 0.0466. The molecule has 0 radical (unpaired) electrons. The first kappa shape index (κ1) is 17.6. The van der Waals surface area contributed by atoms with Crippen LogP contribution in [0.4, 0.5) is 0 Å². The summed E-state index contributed by atoms with van der Waals surface area (Å²) >= 11 is 0. The number of rotatable bonds is 5. The smallest absolute Gasteiger partial charge is 0.260 e. The highest BCUT2D eigenvalue weighted by atomic mass is 16.5. The normalized spacial score (nSPS) is 17.0. The number of piperazine rings is 1. The Labute approximate surface area is 159 Å². The summed E-state index contributed by atoms with van der Waals surface area (Å²) in [6.07, 6.45) is 0.855. The van der Waals surface area contributed by atoms with Crippen molar-refractivity contribution in [2.24, 2.45) is 0 Å². The third kappa shape index (κ3) is 4.12. The first-order valence-corrected chi connectivity index (χ1v) is 9.46. The predicted octanol–water partition coefficient (Wildman–Crippen LogP) is 3.26. The fourth-order valence-corrected chi connectivity index (χ4v) is 3.70. The first-order chi connectivity index (χ1) is 13.3. The van der Waals surface area contributed by atoms with Crippen LogP contribution in [0.5, 0.6) is 5.75 Å². The molecule has 4 rings (SSSR count). The van der Waals surface area contributed by atoms with E-state index < -0.39 is 0 Å². The molecule has 3 aromatic carbocycles. The number of ether oxygens (including phenoxy) is 1. The summed E-state index contributed by atoms with van der Waals surface area (Å²) < 4.78 is 5.92. The summed E-state index contributed by atoms with van der Waals surface area (Å²) in [4.78, 5) is 14.8. The Hall–Kier alpha value is -2.85. The van der Waals surface area contributed by atoms with Crippen LogP contribution in [0.25, 0.3) is 10.8 Å². The summed E-state index contributed by atoms with van der Waals surface area (Å²) in [5.41, 5.74) is 1.25. The molecule has 0 saturated carbocycles. The van der Waals surface area contributed by atoms with Gasteiger partial charge in [-0.3, -0.25) is 4.79 Å². The van der Waals surface area contributed by atoms with Crippen LogP contribution in [-0.4, -0.2) is 43.1 Å². The zero-order valence-electron chi connectivity index (χ0n) is 15.3. The number of hydrogen-bond acceptors (Lipinski definition) is 3. The quantitative estimate of drug-likeness (QED) is 0.759. The van der Waals surface area contributed by atoms with Crippen molar-refractivity contribution in [2.75, 3.05) is 26.2 Å². The summed E-state index contributed by atoms with van der Waals surface area (Å²) in [6, 6.07) is 24.5. The minimum Gasteiger partial charge on any atom is -0.483 e. The molecule has 1 atom stereocenters. The van der Waals surface area contributed by atoms with Crippen LogP contribution in [0.1, 0.15) is 5.56 Å². The Morgan fingerprint density at radius 1 is 1.00 bits per heavy atom. The Morgan fingerprint density at radius 3 is 2.67 bits per heavy atom. The van der Waals surface area contributed by atoms with E-state index in [4.69, 9.17) is 4.74 Å². The van der Waals surface area contributed by atoms with Crippen molar-refractivity contribution in [3.8, 4) is 5.75 Å². The lowest BCUT2D eigenvalue weighted by atomic mass is 10.0. The largest absolute Gasteiger partial charge is 0.483 e. The second kappa shape index (κ2) is 8.23. The van der Waals surface area contributed by atoms with E-state index in [-0.39, 0.29) is 18.6 Å². The zero-order valence-corrected chi connectivity index (χ0v) is 15.3. The monoisotopic (exact) mass is 360 g/mol. The molecule has 138 valence electrons. The molecule has 3 aromatic rings. The summed E-state index contributed by atoms with van der Waals surface area (Å²) in [6.45, 7) is 2.43. The van der Waals surface area contributed by atoms with Crippen molar-refractivity contribution in [2.45, 2.75) is 12.5 Å². The fraction of sp³-hybridized carbons (Fsp3) is 0.261. The number of fused-ring (bicyclic) bond motifs is 1. The maximum Gasteiger partial charge on any atom is 0.260 e. The van der Waals surface area contributed by atoms with Gasteiger partial charge in [-0.25, -0.2) is 0 Å². The number of carbonyl (C=O) groups is 1. The SMILES string of the molecule is O=C(COc1cccc2ccccc12)N1CCNCC1Cc1ccccc1. The molecular formula is C23H24N2O2. The van der Waals surface area contributed by atoms with Gasteiger partial charge in [0.05, 0.1) is 0 Å². The number of benzene rings is 3. The van der Waals surface area contributed by atoms with Crippen molar-refractivity contribution < 1.29 is 9.53 Å². The van der Waals surface area contributed by atoms with Crippen LogP contribution in [0.3, 0.4) is 0 Å². The van der Waals surface area contributed by atoms with Gasteiger partial charge in [-0.05, 0) is 23.4 Å². The van der Waals surface area contributed by atoms with Crippen LogP contribution < -0.4 is 10.1 Å². The molecule has 1 aliphatic heterocycles. The van der Waals surface area contributed by atoms with Gasteiger partial charge in [-0.2, -0.15) is 0 Å². The lowest BCUT2D eigenvalue weighted by Gasteiger charge is -2.36. The van der Waals surface area contributed by atoms with Crippen molar-refractivity contribution in [1.82, 2.24) is 10.2 Å². The average Bonchev–Trinajstić information content (AvgIpc) is 2.73. The van der Waals surface area contributed by atoms with Crippen LogP contribution in [0.2, 0.25) is 0 Å². The molecule has 0 bridgehead atoms. The third-order valence-electron chi connectivity index (χ3n) is 5.09. The highest BCUT2D eigenvalue weighted by molar-refractivity contribution is 5.88. The highest BCUT2D eigenvalue weighted by Crippen LogP contribution is 2.25. The van der Waals surface area contributed by atoms with Crippen LogP contribution in [0, 0.1) is 0 Å². The highest BCUT2D eigenvalue weighted by Gasteiger charge is 2.27. The van der Waals surface area contributed by atoms with Gasteiger partial charge in [0.2, 0.25) is 0 Å². The Morgan fingerprint density at radius 2 is 1.78 bits per heavy atom. The number of nitrogens with one attached hydrogen (secondary N) is 1. The molecule has 1 saturated heterocycles. The Balaban J connectivity index is 1.44. The molecule has 4 nitrogen and oxygen atoms in total. The number of carbonyl (C=O) groups excluding carboxylic acids is 1. The molecule has 1 heterocycles. The molecule has 0 spiro atoms. The molecule has 27 heavy (non-hydrogen) atoms. The minimum atomic E-state index is 0.0466. The predicted molar refractivity (Wildman–Crippen MR) is 108 cm³/mol. The van der Waals surface area contributed by atoms with Gasteiger partial charge in [-0.1, -0.05) is 66.7 Å². The fourth-order valence-electron chi connectivity index (χ4n) is 3.70. The molecule has 1 fully saturated rings. The van der Waals surface area contributed by atoms with Gasteiger partial charge in [0.1, 0.15) is 5.75 Å². The van der Waals surface area contributed by atoms with E-state index in [9.17, 15) is 4.79 Å². The molecule has 0 aromatic heterocycles. The second-order valence-electron chi connectivity index (χ2n) is 6.90. The van der Waals surface area contributed by atoms with E-state index in [1.54, 1.807) is 0 Å². The lowest BCUT2D eigenvalue weighted by Crippen LogP contribution is -2.55. The topological polar surface area (TPSA) is 41.6 Å². The van der Waals surface area contributed by atoms with Crippen LogP contribution in [-0.2, 0) is 11.2 Å². The molecule has 1 aliphatic rings. The molecule has 1 N–H and O–H groups in total. The number of nitrogens with zero attached hydrogens (tertiary/aromatic N) is 1. The van der Waals surface area contributed by atoms with E-state index in [2.05, 4.69) is 29.6 Å². The van der Waals surface area contributed by atoms with Gasteiger partial charge < -0.3 is 15.0 Å². The Kier molecular flexibility index (Phi) is 5.35. The van der Waals surface area contributed by atoms with Crippen LogP contribution >= 0.6 is 0 Å². The van der Waals surface area contributed by atoms with Crippen molar-refractivity contribution in [1.29, 1.82) is 0 Å². The summed E-state index contributed by atoms with van der Waals surface area (Å²) in [5, 5.41) is 5.56. The molecule has 1 unspecified atom stereocenters. The molecule has 0 aliphatic carbocycles. The molecule has 4 heteroatoms. The maximum absolute atomic E-state index is 12.9. The Bertz CT molecular complexity index is 905. The average molecular weight is 360 g/mol. The van der Waals surface area contributed by atoms with Gasteiger partial charge in [0, 0.05) is 31.1 Å². The first-order valence-electron chi connectivity index (χ1n) is 9.46. The van der Waals surface area contributed by atoms with Gasteiger partial charge in [0.15, 0.2) is 6.61 Å². The second-order valence-corrected chi connectivity index (χ2v) is 6.90. The van der Waals surface area contributed by atoms with Gasteiger partial charge in [0.25, 0.3) is 5.91 Å². The standard InChI is InChI=1S/C23H24N2O2/c26-23(17-27-22-12-6-10-19-9-4-5-11-21(19)22)25-14-13-24-16-20(25)15-18-7-2-1-3-8-18/h1-12,20,24H,13-17H2. The van der Waals surface area contributed by atoms with E-state index in [0.29, 0.717) is 0 Å². The zero-order chi connectivity index (χ0) is 18.5. The van der Waals surface area contributed by atoms with E-state index >= 15 is 0 Å². The lowest BCUT2D eigenvalue weighted by molar-refractivity contribution is -0.136. The maximum atomic E-state index is 12.9. The van der Waals surface area contributed by atoms with Gasteiger partial charge in [-0.15, -0.1) is 0 Å². The van der Waals surface area contributed by atoms with E-state index in [0.717, 1.165) is 42.6 Å². The van der Waals surface area contributed by atoms with E-state index in [1.807, 2.05) is 53.4 Å². The third-order valence-corrected chi connectivity index (χ3v) is 5.09. The molecular weight excluding hydrogens is 336 g/mol. The number of hydrogen-bond donors (Lipinski definition) is 1. The van der Waals surface area contributed by atoms with Crippen molar-refractivity contribution in [3.63, 3.8) is 0 Å². The summed E-state index contributed by atoms with van der Waals surface area (Å²) in [7, 11) is 0. The molecule has 1 amide bonds. The van der Waals surface area contributed by atoms with E-state index in [1.165, 1.54) is 5.56 Å². The van der Waals surface area contributed by atoms with Gasteiger partial charge >= 0.3 is 0 Å². The van der Waals surface area contributed by atoms with Crippen LogP contribution in [0.15, 0.2) is 72.8 Å². The summed E-state index contributed by atoms with van der Waals surface area (Å²) in [5.74, 6) is 0.807.